The highest BCUT2D eigenvalue weighted by atomic mass is 32.2. The molecule has 8 aliphatic rings. The molecule has 8 rings (SSSR count). The Bertz CT molecular complexity index is 5240. The van der Waals surface area contributed by atoms with Gasteiger partial charge in [0.25, 0.3) is 17.7 Å². The molecule has 0 spiro atoms. The summed E-state index contributed by atoms with van der Waals surface area (Å²) >= 11 is 0. The second kappa shape index (κ2) is 50.4. The summed E-state index contributed by atoms with van der Waals surface area (Å²) in [7, 11) is -6.20. The fourth-order valence-electron chi connectivity index (χ4n) is 21.1. The van der Waals surface area contributed by atoms with Crippen LogP contribution in [0.3, 0.4) is 0 Å². The summed E-state index contributed by atoms with van der Waals surface area (Å²) in [5.41, 5.74) is -4.35. The molecule has 3 saturated heterocycles. The fraction of sp³-hybridized carbons (Fsp3) is 0.783. The monoisotopic (exact) mass is 2140 g/mol. The first-order chi connectivity index (χ1) is 67.6. The Balaban J connectivity index is 0.000000339. The molecule has 148 heavy (non-hydrogen) atoms. The average Bonchev–Trinajstić information content (AvgIpc) is 1.59. The van der Waals surface area contributed by atoms with E-state index in [0.717, 1.165) is 87.3 Å². The first-order valence-electron chi connectivity index (χ1n) is 52.1. The number of nitrogens with one attached hydrogen (secondary N) is 12. The number of hydrogen-bond donors (Lipinski definition) is 12. The van der Waals surface area contributed by atoms with E-state index < -0.39 is 224 Å². The Morgan fingerprint density at radius 1 is 0.372 bits per heavy atom. The number of rotatable bonds is 42. The highest BCUT2D eigenvalue weighted by Gasteiger charge is 2.62. The predicted molar refractivity (Wildman–Crippen MR) is 571 cm³/mol. The number of nitrogens with zero attached hydrogens (tertiary/aromatic N) is 6. The molecular formula is C106H180N18O21S3. The third-order valence-corrected chi connectivity index (χ3v) is 35.5. The molecule has 0 bridgehead atoms. The Labute approximate surface area is 882 Å². The van der Waals surface area contributed by atoms with Crippen LogP contribution in [0.15, 0.2) is 38.0 Å². The lowest BCUT2D eigenvalue weighted by Gasteiger charge is -2.38. The van der Waals surface area contributed by atoms with Crippen molar-refractivity contribution in [1.82, 2.24) is 91.4 Å². The van der Waals surface area contributed by atoms with Gasteiger partial charge in [-0.1, -0.05) is 217 Å². The molecule has 3 aliphatic heterocycles. The summed E-state index contributed by atoms with van der Waals surface area (Å²) in [6, 6.07) is -12.8. The predicted octanol–water partition coefficient (Wildman–Crippen LogP) is 7.28. The summed E-state index contributed by atoms with van der Waals surface area (Å²) in [6.45, 7) is 58.1. The van der Waals surface area contributed by atoms with Crippen molar-refractivity contribution in [3.8, 4) is 12.3 Å². The number of Topliss-reactive ketones (excluding diaryl/α,β-unsaturated/α-hetero) is 3. The summed E-state index contributed by atoms with van der Waals surface area (Å²) in [4.78, 5) is 209. The molecule has 838 valence electrons. The second-order valence-electron chi connectivity index (χ2n) is 51.1. The van der Waals surface area contributed by atoms with Gasteiger partial charge in [-0.2, -0.15) is 0 Å². The van der Waals surface area contributed by atoms with Crippen LogP contribution in [-0.2, 0) is 87.6 Å². The van der Waals surface area contributed by atoms with Crippen LogP contribution >= 0.6 is 0 Å². The van der Waals surface area contributed by atoms with E-state index in [9.17, 15) is 97.2 Å². The number of sulfonamides is 3. The molecule has 15 amide bonds. The number of terminal acetylenes is 1. The summed E-state index contributed by atoms with van der Waals surface area (Å²) < 4.78 is 76.4. The molecule has 3 heterocycles. The second-order valence-corrected chi connectivity index (χ2v) is 57.3. The molecule has 0 radical (unpaired) electrons. The van der Waals surface area contributed by atoms with E-state index in [0.29, 0.717) is 32.4 Å². The van der Waals surface area contributed by atoms with Gasteiger partial charge in [-0.05, 0) is 154 Å². The van der Waals surface area contributed by atoms with Gasteiger partial charge < -0.3 is 78.5 Å². The molecule has 5 aliphatic carbocycles. The lowest BCUT2D eigenvalue weighted by Crippen LogP contribution is -2.62. The van der Waals surface area contributed by atoms with Crippen molar-refractivity contribution in [2.45, 2.75) is 335 Å². The van der Waals surface area contributed by atoms with E-state index in [-0.39, 0.29) is 122 Å². The van der Waals surface area contributed by atoms with Gasteiger partial charge in [0.15, 0.2) is 0 Å². The van der Waals surface area contributed by atoms with E-state index in [1.807, 2.05) is 104 Å². The van der Waals surface area contributed by atoms with Crippen molar-refractivity contribution in [2.24, 2.45) is 96.1 Å². The van der Waals surface area contributed by atoms with Crippen LogP contribution in [0.5, 0.6) is 0 Å². The molecule has 18 atom stereocenters. The zero-order chi connectivity index (χ0) is 113. The first-order valence-corrected chi connectivity index (χ1v) is 57.7. The molecule has 42 heteroatoms. The van der Waals surface area contributed by atoms with Gasteiger partial charge in [0.2, 0.25) is 82.9 Å². The van der Waals surface area contributed by atoms with Crippen molar-refractivity contribution in [3.63, 3.8) is 0 Å². The van der Waals surface area contributed by atoms with Crippen molar-refractivity contribution < 1.29 is 97.2 Å². The van der Waals surface area contributed by atoms with Crippen LogP contribution in [0.4, 0.5) is 14.4 Å². The Morgan fingerprint density at radius 3 is 0.824 bits per heavy atom. The maximum Gasteiger partial charge on any atom is 0.315 e. The maximum absolute atomic E-state index is 14.6. The van der Waals surface area contributed by atoms with Crippen LogP contribution < -0.4 is 63.8 Å². The van der Waals surface area contributed by atoms with Gasteiger partial charge in [0, 0.05) is 105 Å². The molecule has 0 aromatic carbocycles. The van der Waals surface area contributed by atoms with Crippen molar-refractivity contribution in [3.05, 3.63) is 38.0 Å². The molecule has 5 saturated carbocycles. The largest absolute Gasteiger partial charge is 0.346 e. The van der Waals surface area contributed by atoms with E-state index in [4.69, 9.17) is 6.42 Å². The van der Waals surface area contributed by atoms with E-state index in [1.54, 1.807) is 30.6 Å². The van der Waals surface area contributed by atoms with E-state index >= 15 is 0 Å². The van der Waals surface area contributed by atoms with Gasteiger partial charge in [-0.3, -0.25) is 57.5 Å². The number of likely N-dealkylation sites (N-methyl/N-ethyl adjacent to an activating group) is 3. The molecule has 8 fully saturated rings. The Kier molecular flexibility index (Phi) is 43.3. The quantitative estimate of drug-likeness (QED) is 0.0162. The summed E-state index contributed by atoms with van der Waals surface area (Å²) in [5.74, 6) is -5.09. The van der Waals surface area contributed by atoms with Crippen molar-refractivity contribution in [1.29, 1.82) is 0 Å². The SMILES string of the molecule is C#CCCC(NC(=O)[C@@H]1[C@H]2CCC(C)(C)[C@H]2CN1C(=O)[C@@H](NC(=O)N[C@H](CN(C)S(C)(=O)=O)C(C)(C)C)C(C)(C)C)C(=O)C(=O)NCC=C.C=CCNC(=O)C(=O)C(CC1CC1)NC(=O)[C@@H]1[C@H]2CCC(C)(C)[C@H]2CN1C(=O)[C@@H](NC(=O)N[C@H](CN(C)S(C)(=O)=O)C(C)(C)C)C(C)(C)C.C=CCNC(=O)C(=O)C(CC1CCC1)NC(=O)[C@@H]1[C@H]2CCC(C)(C)[C@H]2CN1C(=O)[C@@H](NC(=O)N[C@H](CN(C)S(C)(=O)=O)C(C)(C)C)C(C)(C)C. The number of hydrogen-bond acceptors (Lipinski definition) is 21. The number of ketones is 3. The number of fused-ring (bicyclic) bond motifs is 3. The van der Waals surface area contributed by atoms with Crippen LogP contribution in [0.1, 0.15) is 262 Å². The summed E-state index contributed by atoms with van der Waals surface area (Å²) in [6.07, 6.45) is 23.4. The van der Waals surface area contributed by atoms with Gasteiger partial charge in [-0.15, -0.1) is 32.1 Å². The van der Waals surface area contributed by atoms with Gasteiger partial charge in [0.05, 0.1) is 36.9 Å². The van der Waals surface area contributed by atoms with Crippen LogP contribution in [0.25, 0.3) is 0 Å². The topological polar surface area (TPSA) is 522 Å². The number of likely N-dealkylation sites (tertiary alicyclic amines) is 3. The first kappa shape index (κ1) is 127. The molecule has 0 aromatic rings. The number of urea groups is 3. The fourth-order valence-corrected chi connectivity index (χ4v) is 22.3. The smallest absolute Gasteiger partial charge is 0.315 e. The third-order valence-electron chi connectivity index (χ3n) is 31.7. The van der Waals surface area contributed by atoms with Gasteiger partial charge in [-0.25, -0.2) is 52.6 Å². The zero-order valence-electron chi connectivity index (χ0n) is 93.9. The van der Waals surface area contributed by atoms with E-state index in [1.165, 1.54) is 52.9 Å². The number of carbonyl (C=O) groups excluding carboxylic acids is 15. The minimum atomic E-state index is -3.52. The standard InChI is InChI=1S/C36H62N6O7S.C35H60N6O7S.C35H58N6O7S/c1-12-18-37-31(45)28(43)25(19-22-14-13-15-22)38-30(44)27-23-16-17-36(8,9)24(23)20-42(27)32(46)29(35(5,6)7)40-33(47)39-26(34(2,3)4)21-41(10)50(11,48)49;1-12-17-36-30(44)27(42)24(18-21-13-14-21)37-29(43)26-22-15-16-35(8,9)23(22)19-41(26)31(45)28(34(5,6)7)39-32(46)38-25(33(2,3)4)20-40(10)49(11,47)48;1-13-15-16-24(27(42)30(44)36-19-14-2)37-29(43)26-22-17-18-35(9,10)23(22)20-41(26)31(45)28(34(6,7)8)39-32(46)38-25(33(3,4)5)21-40(11)49(12,47)48/h12,22-27,29H,1,13-21H2,2-11H3,(H,37,45)(H,38,44)(H2,39,40,47);12,21-26,28H,1,13-20H2,2-11H3,(H,36,44)(H,37,43)(H2,38,39,46);1,14,22-26,28H,2,15-21H2,3-12H3,(H,36,44)(H,37,43)(H2,38,39,46)/t23-,24-,25?,26+,27-,29+;2*22-,23-,24?,25+,26-,28+/m000/s1. The average molecular weight is 2140 g/mol. The Morgan fingerprint density at radius 2 is 0.615 bits per heavy atom. The lowest BCUT2D eigenvalue weighted by atomic mass is 9.79. The molecule has 0 aromatic heterocycles. The molecule has 3 unspecified atom stereocenters. The van der Waals surface area contributed by atoms with Crippen LogP contribution in [-0.4, -0.2) is 313 Å². The zero-order valence-corrected chi connectivity index (χ0v) is 96.4. The lowest BCUT2D eigenvalue weighted by molar-refractivity contribution is -0.144. The number of amides is 15. The highest BCUT2D eigenvalue weighted by molar-refractivity contribution is 7.88. The molecule has 12 N–H and O–H groups in total. The molecule has 39 nitrogen and oxygen atoms in total. The minimum absolute atomic E-state index is 0.0157. The van der Waals surface area contributed by atoms with Gasteiger partial charge in [0.1, 0.15) is 36.3 Å². The normalized spacial score (nSPS) is 23.4. The van der Waals surface area contributed by atoms with Crippen LogP contribution in [0.2, 0.25) is 0 Å². The molecular weight excluding hydrogens is 1960 g/mol. The number of carbonyl (C=O) groups is 15. The maximum atomic E-state index is 14.6. The van der Waals surface area contributed by atoms with E-state index in [2.05, 4.69) is 131 Å². The van der Waals surface area contributed by atoms with Crippen molar-refractivity contribution in [2.75, 3.05) is 98.8 Å². The van der Waals surface area contributed by atoms with Crippen molar-refractivity contribution >= 4 is 119 Å². The minimum Gasteiger partial charge on any atom is -0.346 e. The summed E-state index contributed by atoms with van der Waals surface area (Å²) in [5, 5.41) is 33.3. The Hall–Kier alpha value is -9.44. The van der Waals surface area contributed by atoms with Crippen LogP contribution in [0, 0.1) is 108 Å². The third kappa shape index (κ3) is 34.5. The van der Waals surface area contributed by atoms with Gasteiger partial charge >= 0.3 is 18.1 Å². The highest BCUT2D eigenvalue weighted by Crippen LogP contribution is 2.56.